The number of carbonyl (C=O) groups is 1. The molecule has 0 saturated heterocycles. The van der Waals surface area contributed by atoms with Crippen molar-refractivity contribution in [2.45, 2.75) is 6.92 Å². The van der Waals surface area contributed by atoms with E-state index in [2.05, 4.69) is 0 Å². The zero-order valence-corrected chi connectivity index (χ0v) is 8.95. The summed E-state index contributed by atoms with van der Waals surface area (Å²) >= 11 is 5.72. The Morgan fingerprint density at radius 2 is 2.27 bits per heavy atom. The lowest BCUT2D eigenvalue weighted by Gasteiger charge is -2.08. The van der Waals surface area contributed by atoms with Gasteiger partial charge in [0.05, 0.1) is 0 Å². The first-order valence-corrected chi connectivity index (χ1v) is 4.76. The van der Waals surface area contributed by atoms with Gasteiger partial charge in [-0.05, 0) is 25.1 Å². The van der Waals surface area contributed by atoms with E-state index >= 15 is 0 Å². The van der Waals surface area contributed by atoms with Crippen LogP contribution in [0, 0.1) is 0 Å². The van der Waals surface area contributed by atoms with Crippen molar-refractivity contribution in [3.05, 3.63) is 28.8 Å². The van der Waals surface area contributed by atoms with Crippen molar-refractivity contribution < 1.29 is 19.4 Å². The molecule has 0 radical (unpaired) electrons. The molecule has 4 nitrogen and oxygen atoms in total. The first-order valence-electron chi connectivity index (χ1n) is 4.38. The maximum Gasteiger partial charge on any atom is 0.339 e. The summed E-state index contributed by atoms with van der Waals surface area (Å²) in [6.45, 7) is 2.33. The predicted molar refractivity (Wildman–Crippen MR) is 55.5 cm³/mol. The van der Waals surface area contributed by atoms with Crippen LogP contribution in [0.3, 0.4) is 0 Å². The highest BCUT2D eigenvalue weighted by Crippen LogP contribution is 2.23. The third-order valence-electron chi connectivity index (χ3n) is 1.68. The Hall–Kier alpha value is -1.26. The largest absolute Gasteiger partial charge is 0.478 e. The molecule has 0 aliphatic rings. The first kappa shape index (κ1) is 11.8. The summed E-state index contributed by atoms with van der Waals surface area (Å²) in [6.07, 6.45) is 0. The Labute approximate surface area is 92.4 Å². The molecule has 82 valence electrons. The fraction of sp³-hybridized carbons (Fsp3) is 0.300. The Balaban J connectivity index is 2.82. The molecule has 1 N–H and O–H groups in total. The minimum atomic E-state index is -1.06. The van der Waals surface area contributed by atoms with Gasteiger partial charge < -0.3 is 14.6 Å². The lowest BCUT2D eigenvalue weighted by atomic mass is 10.2. The molecule has 1 rings (SSSR count). The summed E-state index contributed by atoms with van der Waals surface area (Å²) in [7, 11) is 0. The van der Waals surface area contributed by atoms with Gasteiger partial charge in [0.15, 0.2) is 6.79 Å². The van der Waals surface area contributed by atoms with Gasteiger partial charge in [0.1, 0.15) is 11.3 Å². The summed E-state index contributed by atoms with van der Waals surface area (Å²) < 4.78 is 10.1. The average molecular weight is 231 g/mol. The predicted octanol–water partition coefficient (Wildman–Crippen LogP) is 2.41. The number of rotatable bonds is 5. The number of hydrogen-bond donors (Lipinski definition) is 1. The van der Waals surface area contributed by atoms with Gasteiger partial charge in [0, 0.05) is 11.6 Å². The number of halogens is 1. The van der Waals surface area contributed by atoms with Crippen LogP contribution in [-0.2, 0) is 4.74 Å². The Kier molecular flexibility index (Phi) is 4.39. The van der Waals surface area contributed by atoms with Gasteiger partial charge in [0.25, 0.3) is 0 Å². The monoisotopic (exact) mass is 230 g/mol. The van der Waals surface area contributed by atoms with E-state index in [1.54, 1.807) is 0 Å². The summed E-state index contributed by atoms with van der Waals surface area (Å²) in [6, 6.07) is 4.34. The van der Waals surface area contributed by atoms with E-state index in [1.165, 1.54) is 18.2 Å². The van der Waals surface area contributed by atoms with Crippen LogP contribution in [-0.4, -0.2) is 24.5 Å². The Morgan fingerprint density at radius 1 is 1.53 bits per heavy atom. The van der Waals surface area contributed by atoms with Crippen LogP contribution < -0.4 is 4.74 Å². The Morgan fingerprint density at radius 3 is 2.87 bits per heavy atom. The standard InChI is InChI=1S/C10H11ClO4/c1-2-14-6-15-9-5-7(11)3-4-8(9)10(12)13/h3-5H,2,6H2,1H3,(H,12,13). The second-order valence-corrected chi connectivity index (χ2v) is 3.14. The summed E-state index contributed by atoms with van der Waals surface area (Å²) in [5, 5.41) is 9.27. The van der Waals surface area contributed by atoms with Crippen molar-refractivity contribution in [2.24, 2.45) is 0 Å². The molecule has 0 amide bonds. The van der Waals surface area contributed by atoms with Crippen LogP contribution in [0.25, 0.3) is 0 Å². The van der Waals surface area contributed by atoms with Crippen molar-refractivity contribution in [2.75, 3.05) is 13.4 Å². The number of carboxylic acids is 1. The van der Waals surface area contributed by atoms with Gasteiger partial charge in [-0.1, -0.05) is 11.6 Å². The molecule has 0 aliphatic heterocycles. The van der Waals surface area contributed by atoms with Gasteiger partial charge in [0.2, 0.25) is 0 Å². The Bertz CT molecular complexity index is 351. The van der Waals surface area contributed by atoms with Crippen LogP contribution in [0.15, 0.2) is 18.2 Å². The van der Waals surface area contributed by atoms with Gasteiger partial charge in [-0.2, -0.15) is 0 Å². The molecule has 5 heteroatoms. The minimum absolute atomic E-state index is 0.0110. The molecule has 0 aliphatic carbocycles. The van der Waals surface area contributed by atoms with Crippen LogP contribution in [0.2, 0.25) is 5.02 Å². The van der Waals surface area contributed by atoms with Gasteiger partial charge >= 0.3 is 5.97 Å². The van der Waals surface area contributed by atoms with Gasteiger partial charge in [-0.15, -0.1) is 0 Å². The van der Waals surface area contributed by atoms with Crippen molar-refractivity contribution in [1.29, 1.82) is 0 Å². The molecule has 0 aromatic heterocycles. The highest BCUT2D eigenvalue weighted by Gasteiger charge is 2.11. The zero-order chi connectivity index (χ0) is 11.3. The van der Waals surface area contributed by atoms with E-state index in [9.17, 15) is 4.79 Å². The van der Waals surface area contributed by atoms with E-state index in [-0.39, 0.29) is 18.1 Å². The first-order chi connectivity index (χ1) is 7.15. The normalized spacial score (nSPS) is 10.0. The third-order valence-corrected chi connectivity index (χ3v) is 1.91. The van der Waals surface area contributed by atoms with Crippen LogP contribution in [0.4, 0.5) is 0 Å². The maximum atomic E-state index is 10.8. The topological polar surface area (TPSA) is 55.8 Å². The van der Waals surface area contributed by atoms with Gasteiger partial charge in [-0.3, -0.25) is 0 Å². The highest BCUT2D eigenvalue weighted by atomic mass is 35.5. The highest BCUT2D eigenvalue weighted by molar-refractivity contribution is 6.30. The SMILES string of the molecule is CCOCOc1cc(Cl)ccc1C(=O)O. The van der Waals surface area contributed by atoms with Crippen molar-refractivity contribution in [3.63, 3.8) is 0 Å². The van der Waals surface area contributed by atoms with Gasteiger partial charge in [-0.25, -0.2) is 4.79 Å². The molecule has 1 aromatic rings. The lowest BCUT2D eigenvalue weighted by molar-refractivity contribution is 0.0214. The molecule has 0 fully saturated rings. The average Bonchev–Trinajstić information content (AvgIpc) is 2.18. The smallest absolute Gasteiger partial charge is 0.339 e. The molecule has 0 atom stereocenters. The summed E-state index contributed by atoms with van der Waals surface area (Å²) in [5.41, 5.74) is 0.0686. The molecule has 0 heterocycles. The van der Waals surface area contributed by atoms with Crippen LogP contribution >= 0.6 is 11.6 Å². The number of hydrogen-bond acceptors (Lipinski definition) is 3. The van der Waals surface area contributed by atoms with Crippen molar-refractivity contribution in [1.82, 2.24) is 0 Å². The fourth-order valence-corrected chi connectivity index (χ4v) is 1.14. The number of ether oxygens (including phenoxy) is 2. The van der Waals surface area contributed by atoms with E-state index in [0.717, 1.165) is 0 Å². The molecule has 0 spiro atoms. The lowest BCUT2D eigenvalue weighted by Crippen LogP contribution is -2.06. The minimum Gasteiger partial charge on any atom is -0.478 e. The summed E-state index contributed by atoms with van der Waals surface area (Å²) in [5.74, 6) is -0.846. The summed E-state index contributed by atoms with van der Waals surface area (Å²) in [4.78, 5) is 10.8. The van der Waals surface area contributed by atoms with E-state index in [0.29, 0.717) is 11.6 Å². The van der Waals surface area contributed by atoms with E-state index in [1.807, 2.05) is 6.92 Å². The van der Waals surface area contributed by atoms with Crippen molar-refractivity contribution in [3.8, 4) is 5.75 Å². The van der Waals surface area contributed by atoms with E-state index < -0.39 is 5.97 Å². The second-order valence-electron chi connectivity index (χ2n) is 2.70. The second kappa shape index (κ2) is 5.58. The quantitative estimate of drug-likeness (QED) is 0.623. The third kappa shape index (κ3) is 3.42. The molecule has 15 heavy (non-hydrogen) atoms. The van der Waals surface area contributed by atoms with E-state index in [4.69, 9.17) is 26.2 Å². The van der Waals surface area contributed by atoms with Crippen LogP contribution in [0.1, 0.15) is 17.3 Å². The molecule has 0 bridgehead atoms. The number of aromatic carboxylic acids is 1. The maximum absolute atomic E-state index is 10.8. The van der Waals surface area contributed by atoms with Crippen LogP contribution in [0.5, 0.6) is 5.75 Å². The number of carboxylic acid groups (broad SMARTS) is 1. The molecular formula is C10H11ClO4. The molecule has 1 aromatic carbocycles. The zero-order valence-electron chi connectivity index (χ0n) is 8.20. The molecule has 0 saturated carbocycles. The molecular weight excluding hydrogens is 220 g/mol. The number of benzene rings is 1. The fourth-order valence-electron chi connectivity index (χ4n) is 0.981. The molecule has 0 unspecified atom stereocenters. The van der Waals surface area contributed by atoms with Crippen molar-refractivity contribution >= 4 is 17.6 Å².